The Morgan fingerprint density at radius 1 is 1.62 bits per heavy atom. The molecule has 0 atom stereocenters. The first-order chi connectivity index (χ1) is 6.15. The van der Waals surface area contributed by atoms with Crippen LogP contribution in [0.4, 0.5) is 0 Å². The summed E-state index contributed by atoms with van der Waals surface area (Å²) in [6, 6.07) is 1.82. The lowest BCUT2D eigenvalue weighted by Gasteiger charge is -2.02. The van der Waals surface area contributed by atoms with Crippen LogP contribution >= 0.6 is 11.6 Å². The molecule has 0 aliphatic rings. The van der Waals surface area contributed by atoms with Crippen molar-refractivity contribution < 1.29 is 4.74 Å². The van der Waals surface area contributed by atoms with Gasteiger partial charge in [-0.05, 0) is 13.0 Å². The van der Waals surface area contributed by atoms with Gasteiger partial charge in [-0.3, -0.25) is 0 Å². The van der Waals surface area contributed by atoms with Crippen LogP contribution in [0.2, 0.25) is 0 Å². The smallest absolute Gasteiger partial charge is 0.147 e. The first-order valence-corrected chi connectivity index (χ1v) is 3.96. The van der Waals surface area contributed by atoms with Crippen molar-refractivity contribution in [3.05, 3.63) is 34.7 Å². The Kier molecular flexibility index (Phi) is 5.49. The molecule has 0 saturated heterocycles. The molecule has 13 heavy (non-hydrogen) atoms. The fraction of sp³-hybridized carbons (Fsp3) is 0.222. The van der Waals surface area contributed by atoms with Crippen LogP contribution in [0.15, 0.2) is 34.7 Å². The molecule has 0 aromatic carbocycles. The number of hydrogen-bond donors (Lipinski definition) is 1. The molecule has 0 spiro atoms. The van der Waals surface area contributed by atoms with Crippen LogP contribution < -0.4 is 5.73 Å². The zero-order valence-electron chi connectivity index (χ0n) is 7.54. The molecule has 0 aromatic rings. The Morgan fingerprint density at radius 2 is 2.23 bits per heavy atom. The van der Waals surface area contributed by atoms with E-state index in [-0.39, 0.29) is 0 Å². The van der Waals surface area contributed by atoms with E-state index in [1.165, 1.54) is 19.3 Å². The summed E-state index contributed by atoms with van der Waals surface area (Å²) in [5.41, 5.74) is 6.02. The normalized spacial score (nSPS) is 13.8. The minimum atomic E-state index is 0.300. The van der Waals surface area contributed by atoms with Crippen molar-refractivity contribution in [2.75, 3.05) is 7.11 Å². The number of methoxy groups -OCH3 is 1. The van der Waals surface area contributed by atoms with Crippen molar-refractivity contribution in [3.8, 4) is 6.07 Å². The molecule has 0 saturated carbocycles. The van der Waals surface area contributed by atoms with E-state index in [4.69, 9.17) is 27.3 Å². The Balaban J connectivity index is 4.77. The van der Waals surface area contributed by atoms with Gasteiger partial charge in [-0.1, -0.05) is 17.7 Å². The van der Waals surface area contributed by atoms with Crippen LogP contribution in [0.1, 0.15) is 6.92 Å². The lowest BCUT2D eigenvalue weighted by atomic mass is 10.3. The highest BCUT2D eigenvalue weighted by Crippen LogP contribution is 2.15. The number of halogens is 1. The largest absolute Gasteiger partial charge is 0.494 e. The molecule has 0 rings (SSSR count). The highest BCUT2D eigenvalue weighted by atomic mass is 35.5. The molecule has 4 heteroatoms. The summed E-state index contributed by atoms with van der Waals surface area (Å²) in [5.74, 6) is 0.300. The Labute approximate surface area is 82.7 Å². The highest BCUT2D eigenvalue weighted by molar-refractivity contribution is 6.31. The predicted octanol–water partition coefficient (Wildman–Crippen LogP) is 2.03. The standard InChI is InChI=1S/C9H11ClN2O/c1-3-7(12)6-8(10)9(13-2)4-5-11/h3-4,6H,12H2,1-2H3/b7-3+,8-6+,9-4-. The topological polar surface area (TPSA) is 59.0 Å². The summed E-state index contributed by atoms with van der Waals surface area (Å²) in [4.78, 5) is 0. The number of nitrogens with zero attached hydrogens (tertiary/aromatic N) is 1. The van der Waals surface area contributed by atoms with Crippen molar-refractivity contribution >= 4 is 11.6 Å². The van der Waals surface area contributed by atoms with E-state index in [1.54, 1.807) is 13.0 Å². The molecule has 0 bridgehead atoms. The fourth-order valence-electron chi connectivity index (χ4n) is 0.585. The second-order valence-corrected chi connectivity index (χ2v) is 2.53. The van der Waals surface area contributed by atoms with Crippen molar-refractivity contribution in [1.29, 1.82) is 5.26 Å². The van der Waals surface area contributed by atoms with Gasteiger partial charge in [-0.15, -0.1) is 0 Å². The average Bonchev–Trinajstić information content (AvgIpc) is 2.13. The third-order valence-corrected chi connectivity index (χ3v) is 1.57. The monoisotopic (exact) mass is 198 g/mol. The third kappa shape index (κ3) is 4.24. The molecule has 70 valence electrons. The summed E-state index contributed by atoms with van der Waals surface area (Å²) in [5, 5.41) is 8.68. The van der Waals surface area contributed by atoms with E-state index in [1.807, 2.05) is 6.07 Å². The van der Waals surface area contributed by atoms with Crippen molar-refractivity contribution in [3.63, 3.8) is 0 Å². The number of hydrogen-bond acceptors (Lipinski definition) is 3. The van der Waals surface area contributed by atoms with Gasteiger partial charge >= 0.3 is 0 Å². The van der Waals surface area contributed by atoms with Crippen LogP contribution in [-0.4, -0.2) is 7.11 Å². The van der Waals surface area contributed by atoms with Gasteiger partial charge in [0.15, 0.2) is 0 Å². The first kappa shape index (κ1) is 11.6. The van der Waals surface area contributed by atoms with Crippen LogP contribution in [0.5, 0.6) is 0 Å². The SMILES string of the molecule is C\C=C(N)/C=C(Cl)\C(=C\C#N)OC. The molecular formula is C9H11ClN2O. The van der Waals surface area contributed by atoms with E-state index in [9.17, 15) is 0 Å². The van der Waals surface area contributed by atoms with Crippen LogP contribution in [0.25, 0.3) is 0 Å². The fourth-order valence-corrected chi connectivity index (χ4v) is 0.842. The van der Waals surface area contributed by atoms with Gasteiger partial charge in [0.2, 0.25) is 0 Å². The maximum Gasteiger partial charge on any atom is 0.147 e. The molecule has 2 N–H and O–H groups in total. The van der Waals surface area contributed by atoms with Gasteiger partial charge < -0.3 is 10.5 Å². The molecule has 3 nitrogen and oxygen atoms in total. The van der Waals surface area contributed by atoms with E-state index in [2.05, 4.69) is 0 Å². The van der Waals surface area contributed by atoms with Gasteiger partial charge in [0, 0.05) is 5.70 Å². The summed E-state index contributed by atoms with van der Waals surface area (Å²) in [7, 11) is 1.44. The van der Waals surface area contributed by atoms with Gasteiger partial charge in [0.25, 0.3) is 0 Å². The molecule has 0 fully saturated rings. The van der Waals surface area contributed by atoms with Crippen LogP contribution in [0.3, 0.4) is 0 Å². The molecular weight excluding hydrogens is 188 g/mol. The zero-order valence-corrected chi connectivity index (χ0v) is 8.30. The number of ether oxygens (including phenoxy) is 1. The third-order valence-electron chi connectivity index (χ3n) is 1.28. The predicted molar refractivity (Wildman–Crippen MR) is 52.6 cm³/mol. The quantitative estimate of drug-likeness (QED) is 0.429. The number of nitrogens with two attached hydrogens (primary N) is 1. The number of allylic oxidation sites excluding steroid dienone is 4. The molecule has 0 radical (unpaired) electrons. The van der Waals surface area contributed by atoms with Gasteiger partial charge in [0.1, 0.15) is 5.76 Å². The van der Waals surface area contributed by atoms with Crippen molar-refractivity contribution in [1.82, 2.24) is 0 Å². The summed E-state index contributed by atoms with van der Waals surface area (Å²) >= 11 is 5.80. The lowest BCUT2D eigenvalue weighted by molar-refractivity contribution is 0.305. The summed E-state index contributed by atoms with van der Waals surface area (Å²) in [6.07, 6.45) is 4.43. The Hall–Kier alpha value is -1.40. The second-order valence-electron chi connectivity index (χ2n) is 2.12. The van der Waals surface area contributed by atoms with Gasteiger partial charge in [0.05, 0.1) is 24.3 Å². The molecule has 0 heterocycles. The number of nitriles is 1. The van der Waals surface area contributed by atoms with Gasteiger partial charge in [-0.25, -0.2) is 0 Å². The summed E-state index contributed by atoms with van der Waals surface area (Å²) in [6.45, 7) is 1.79. The maximum absolute atomic E-state index is 8.37. The van der Waals surface area contributed by atoms with E-state index < -0.39 is 0 Å². The highest BCUT2D eigenvalue weighted by Gasteiger charge is 2.01. The van der Waals surface area contributed by atoms with E-state index in [0.29, 0.717) is 16.5 Å². The zero-order chi connectivity index (χ0) is 10.3. The molecule has 0 unspecified atom stereocenters. The average molecular weight is 199 g/mol. The van der Waals surface area contributed by atoms with E-state index in [0.717, 1.165) is 0 Å². The molecule has 0 amide bonds. The Morgan fingerprint density at radius 3 is 2.62 bits per heavy atom. The molecule has 0 aliphatic carbocycles. The second kappa shape index (κ2) is 6.15. The molecule has 0 aliphatic heterocycles. The number of rotatable bonds is 3. The maximum atomic E-state index is 8.37. The van der Waals surface area contributed by atoms with Crippen LogP contribution in [-0.2, 0) is 4.74 Å². The lowest BCUT2D eigenvalue weighted by Crippen LogP contribution is -1.94. The summed E-state index contributed by atoms with van der Waals surface area (Å²) < 4.78 is 4.85. The van der Waals surface area contributed by atoms with E-state index >= 15 is 0 Å². The van der Waals surface area contributed by atoms with Crippen molar-refractivity contribution in [2.24, 2.45) is 5.73 Å². The molecule has 0 aromatic heterocycles. The van der Waals surface area contributed by atoms with Crippen molar-refractivity contribution in [2.45, 2.75) is 6.92 Å². The van der Waals surface area contributed by atoms with Gasteiger partial charge in [-0.2, -0.15) is 5.26 Å². The van der Waals surface area contributed by atoms with Crippen LogP contribution in [0, 0.1) is 11.3 Å². The first-order valence-electron chi connectivity index (χ1n) is 3.58. The minimum Gasteiger partial charge on any atom is -0.494 e. The Bertz CT molecular complexity index is 297. The minimum absolute atomic E-state index is 0.300.